The standard InChI is InChI=1S/C17H24O3/c1-16(2,3)20-15(18)17(9-10-17)11-12-19-13-14-7-5-4-6-8-14/h4-8H,9-13H2,1-3H3. The quantitative estimate of drug-likeness (QED) is 0.587. The lowest BCUT2D eigenvalue weighted by atomic mass is 10.0. The summed E-state index contributed by atoms with van der Waals surface area (Å²) in [5.74, 6) is -0.0617. The maximum atomic E-state index is 12.1. The van der Waals surface area contributed by atoms with Crippen molar-refractivity contribution < 1.29 is 14.3 Å². The second-order valence-electron chi connectivity index (χ2n) is 6.57. The SMILES string of the molecule is CC(C)(C)OC(=O)C1(CCOCc2ccccc2)CC1. The first-order valence-corrected chi connectivity index (χ1v) is 7.26. The van der Waals surface area contributed by atoms with Crippen LogP contribution in [0.5, 0.6) is 0 Å². The van der Waals surface area contributed by atoms with Gasteiger partial charge in [0, 0.05) is 6.61 Å². The van der Waals surface area contributed by atoms with Gasteiger partial charge in [0.1, 0.15) is 5.60 Å². The summed E-state index contributed by atoms with van der Waals surface area (Å²) in [5.41, 5.74) is 0.483. The third-order valence-corrected chi connectivity index (χ3v) is 3.52. The molecule has 1 aliphatic rings. The molecule has 0 N–H and O–H groups in total. The predicted molar refractivity (Wildman–Crippen MR) is 78.2 cm³/mol. The van der Waals surface area contributed by atoms with Gasteiger partial charge in [-0.25, -0.2) is 0 Å². The van der Waals surface area contributed by atoms with Gasteiger partial charge < -0.3 is 9.47 Å². The van der Waals surface area contributed by atoms with Crippen LogP contribution < -0.4 is 0 Å². The molecule has 0 atom stereocenters. The minimum Gasteiger partial charge on any atom is -0.460 e. The highest BCUT2D eigenvalue weighted by Gasteiger charge is 2.51. The Bertz CT molecular complexity index is 441. The van der Waals surface area contributed by atoms with Crippen molar-refractivity contribution in [1.29, 1.82) is 0 Å². The van der Waals surface area contributed by atoms with E-state index in [4.69, 9.17) is 9.47 Å². The van der Waals surface area contributed by atoms with Crippen LogP contribution in [0.4, 0.5) is 0 Å². The Kier molecular flexibility index (Phi) is 4.48. The molecule has 110 valence electrons. The molecular formula is C17H24O3. The molecule has 1 aliphatic carbocycles. The minimum atomic E-state index is -0.405. The van der Waals surface area contributed by atoms with E-state index in [1.807, 2.05) is 51.1 Å². The van der Waals surface area contributed by atoms with Crippen LogP contribution in [0.25, 0.3) is 0 Å². The molecule has 0 aromatic heterocycles. The summed E-state index contributed by atoms with van der Waals surface area (Å²) in [6.07, 6.45) is 2.61. The van der Waals surface area contributed by atoms with Gasteiger partial charge in [0.05, 0.1) is 12.0 Å². The van der Waals surface area contributed by atoms with E-state index in [-0.39, 0.29) is 11.4 Å². The van der Waals surface area contributed by atoms with Crippen LogP contribution in [0.15, 0.2) is 30.3 Å². The van der Waals surface area contributed by atoms with Gasteiger partial charge >= 0.3 is 5.97 Å². The monoisotopic (exact) mass is 276 g/mol. The van der Waals surface area contributed by atoms with Crippen molar-refractivity contribution in [3.05, 3.63) is 35.9 Å². The maximum Gasteiger partial charge on any atom is 0.312 e. The topological polar surface area (TPSA) is 35.5 Å². The summed E-state index contributed by atoms with van der Waals surface area (Å²) in [7, 11) is 0. The summed E-state index contributed by atoms with van der Waals surface area (Å²) in [6, 6.07) is 10.1. The van der Waals surface area contributed by atoms with Crippen LogP contribution >= 0.6 is 0 Å². The van der Waals surface area contributed by atoms with Crippen LogP contribution in [0, 0.1) is 5.41 Å². The lowest BCUT2D eigenvalue weighted by Crippen LogP contribution is -2.30. The largest absolute Gasteiger partial charge is 0.460 e. The fraction of sp³-hybridized carbons (Fsp3) is 0.588. The van der Waals surface area contributed by atoms with E-state index < -0.39 is 5.60 Å². The average molecular weight is 276 g/mol. The Morgan fingerprint density at radius 2 is 1.85 bits per heavy atom. The Labute approximate surface area is 121 Å². The van der Waals surface area contributed by atoms with Gasteiger partial charge in [0.15, 0.2) is 0 Å². The fourth-order valence-electron chi connectivity index (χ4n) is 2.13. The molecule has 0 amide bonds. The normalized spacial score (nSPS) is 16.8. The van der Waals surface area contributed by atoms with Crippen LogP contribution in [0.3, 0.4) is 0 Å². The first kappa shape index (κ1) is 15.0. The summed E-state index contributed by atoms with van der Waals surface area (Å²) >= 11 is 0. The molecule has 1 aromatic carbocycles. The van der Waals surface area contributed by atoms with Gasteiger partial charge in [-0.3, -0.25) is 4.79 Å². The highest BCUT2D eigenvalue weighted by Crippen LogP contribution is 2.50. The van der Waals surface area contributed by atoms with Crippen LogP contribution in [-0.4, -0.2) is 18.2 Å². The summed E-state index contributed by atoms with van der Waals surface area (Å²) in [4.78, 5) is 12.1. The molecule has 2 rings (SSSR count). The van der Waals surface area contributed by atoms with Crippen molar-refractivity contribution in [3.63, 3.8) is 0 Å². The van der Waals surface area contributed by atoms with E-state index in [0.717, 1.165) is 24.8 Å². The lowest BCUT2D eigenvalue weighted by molar-refractivity contribution is -0.162. The minimum absolute atomic E-state index is 0.0617. The zero-order chi connectivity index (χ0) is 14.6. The van der Waals surface area contributed by atoms with E-state index >= 15 is 0 Å². The molecule has 1 saturated carbocycles. The number of carbonyl (C=O) groups excluding carboxylic acids is 1. The molecule has 0 radical (unpaired) electrons. The average Bonchev–Trinajstić information content (AvgIpc) is 3.15. The molecule has 0 saturated heterocycles. The summed E-state index contributed by atoms with van der Waals surface area (Å²) < 4.78 is 11.2. The van der Waals surface area contributed by atoms with Crippen LogP contribution in [0.1, 0.15) is 45.6 Å². The van der Waals surface area contributed by atoms with Gasteiger partial charge in [0.2, 0.25) is 0 Å². The molecule has 3 heteroatoms. The number of carbonyl (C=O) groups is 1. The maximum absolute atomic E-state index is 12.1. The molecule has 0 bridgehead atoms. The Hall–Kier alpha value is -1.35. The van der Waals surface area contributed by atoms with E-state index in [2.05, 4.69) is 0 Å². The number of benzene rings is 1. The summed E-state index contributed by atoms with van der Waals surface area (Å²) in [5, 5.41) is 0. The first-order chi connectivity index (χ1) is 9.41. The third kappa shape index (κ3) is 4.34. The smallest absolute Gasteiger partial charge is 0.312 e. The highest BCUT2D eigenvalue weighted by atomic mass is 16.6. The van der Waals surface area contributed by atoms with Gasteiger partial charge in [-0.2, -0.15) is 0 Å². The van der Waals surface area contributed by atoms with Crippen molar-refractivity contribution in [2.24, 2.45) is 5.41 Å². The van der Waals surface area contributed by atoms with Gasteiger partial charge in [-0.1, -0.05) is 30.3 Å². The Balaban J connectivity index is 1.72. The molecule has 3 nitrogen and oxygen atoms in total. The van der Waals surface area contributed by atoms with Crippen molar-refractivity contribution in [2.45, 2.75) is 52.2 Å². The van der Waals surface area contributed by atoms with Crippen LogP contribution in [0.2, 0.25) is 0 Å². The lowest BCUT2D eigenvalue weighted by Gasteiger charge is -2.23. The molecule has 1 fully saturated rings. The Morgan fingerprint density at radius 3 is 2.40 bits per heavy atom. The first-order valence-electron chi connectivity index (χ1n) is 7.26. The van der Waals surface area contributed by atoms with E-state index in [1.165, 1.54) is 0 Å². The second-order valence-corrected chi connectivity index (χ2v) is 6.57. The number of rotatable bonds is 6. The number of hydrogen-bond acceptors (Lipinski definition) is 3. The molecule has 0 unspecified atom stereocenters. The van der Waals surface area contributed by atoms with Crippen molar-refractivity contribution in [3.8, 4) is 0 Å². The molecule has 1 aromatic rings. The zero-order valence-corrected chi connectivity index (χ0v) is 12.6. The highest BCUT2D eigenvalue weighted by molar-refractivity contribution is 5.80. The summed E-state index contributed by atoms with van der Waals surface area (Å²) in [6.45, 7) is 6.94. The zero-order valence-electron chi connectivity index (χ0n) is 12.6. The van der Waals surface area contributed by atoms with E-state index in [1.54, 1.807) is 0 Å². The van der Waals surface area contributed by atoms with E-state index in [0.29, 0.717) is 13.2 Å². The van der Waals surface area contributed by atoms with Gasteiger partial charge in [-0.15, -0.1) is 0 Å². The Morgan fingerprint density at radius 1 is 1.20 bits per heavy atom. The van der Waals surface area contributed by atoms with E-state index in [9.17, 15) is 4.79 Å². The van der Waals surface area contributed by atoms with Crippen LogP contribution in [-0.2, 0) is 20.9 Å². The molecule has 20 heavy (non-hydrogen) atoms. The van der Waals surface area contributed by atoms with Crippen molar-refractivity contribution in [2.75, 3.05) is 6.61 Å². The predicted octanol–water partition coefficient (Wildman–Crippen LogP) is 3.72. The second kappa shape index (κ2) is 5.96. The van der Waals surface area contributed by atoms with Gasteiger partial charge in [0.25, 0.3) is 0 Å². The number of hydrogen-bond donors (Lipinski definition) is 0. The fourth-order valence-corrected chi connectivity index (χ4v) is 2.13. The van der Waals surface area contributed by atoms with Crippen molar-refractivity contribution >= 4 is 5.97 Å². The molecule has 0 aliphatic heterocycles. The number of ether oxygens (including phenoxy) is 2. The molecular weight excluding hydrogens is 252 g/mol. The third-order valence-electron chi connectivity index (χ3n) is 3.52. The molecule has 0 heterocycles. The number of esters is 1. The van der Waals surface area contributed by atoms with Crippen molar-refractivity contribution in [1.82, 2.24) is 0 Å². The van der Waals surface area contributed by atoms with Gasteiger partial charge in [-0.05, 0) is 45.6 Å². The molecule has 0 spiro atoms.